The van der Waals surface area contributed by atoms with Crippen LogP contribution in [0.4, 0.5) is 0 Å². The predicted molar refractivity (Wildman–Crippen MR) is 70.5 cm³/mol. The highest BCUT2D eigenvalue weighted by Crippen LogP contribution is 2.28. The van der Waals surface area contributed by atoms with Crippen molar-refractivity contribution in [1.29, 1.82) is 0 Å². The number of allylic oxidation sites excluding steroid dienone is 1. The van der Waals surface area contributed by atoms with Gasteiger partial charge in [0.1, 0.15) is 0 Å². The zero-order chi connectivity index (χ0) is 11.4. The van der Waals surface area contributed by atoms with Crippen molar-refractivity contribution >= 4 is 0 Å². The van der Waals surface area contributed by atoms with Gasteiger partial charge in [0, 0.05) is 6.04 Å². The number of hydrogen-bond acceptors (Lipinski definition) is 1. The van der Waals surface area contributed by atoms with E-state index in [9.17, 15) is 0 Å². The van der Waals surface area contributed by atoms with Gasteiger partial charge >= 0.3 is 0 Å². The maximum absolute atomic E-state index is 3.79. The second kappa shape index (κ2) is 5.86. The molecule has 0 aromatic carbocycles. The van der Waals surface area contributed by atoms with Crippen molar-refractivity contribution in [3.05, 3.63) is 11.6 Å². The Bertz CT molecular complexity index is 244. The molecular formula is C15H27N. The first-order valence-electron chi connectivity index (χ1n) is 7.17. The van der Waals surface area contributed by atoms with Crippen molar-refractivity contribution in [2.24, 2.45) is 11.8 Å². The van der Waals surface area contributed by atoms with Crippen LogP contribution in [0.3, 0.4) is 0 Å². The Labute approximate surface area is 101 Å². The zero-order valence-electron chi connectivity index (χ0n) is 11.0. The Kier molecular flexibility index (Phi) is 4.45. The molecule has 2 rings (SSSR count). The Morgan fingerprint density at radius 2 is 2.19 bits per heavy atom. The van der Waals surface area contributed by atoms with Crippen LogP contribution in [0.5, 0.6) is 0 Å². The second-order valence-corrected chi connectivity index (χ2v) is 5.96. The molecule has 1 nitrogen and oxygen atoms in total. The molecule has 0 amide bonds. The van der Waals surface area contributed by atoms with Gasteiger partial charge < -0.3 is 5.32 Å². The molecule has 92 valence electrons. The third kappa shape index (κ3) is 3.35. The van der Waals surface area contributed by atoms with Gasteiger partial charge in [-0.2, -0.15) is 0 Å². The van der Waals surface area contributed by atoms with Crippen molar-refractivity contribution in [1.82, 2.24) is 5.32 Å². The molecule has 0 heterocycles. The van der Waals surface area contributed by atoms with E-state index in [-0.39, 0.29) is 0 Å². The van der Waals surface area contributed by atoms with Crippen LogP contribution >= 0.6 is 0 Å². The van der Waals surface area contributed by atoms with Crippen LogP contribution < -0.4 is 5.32 Å². The quantitative estimate of drug-likeness (QED) is 0.710. The Morgan fingerprint density at radius 3 is 2.94 bits per heavy atom. The molecule has 0 radical (unpaired) electrons. The molecule has 1 saturated carbocycles. The van der Waals surface area contributed by atoms with Crippen LogP contribution in [0, 0.1) is 11.8 Å². The number of nitrogens with one attached hydrogen (secondary N) is 1. The summed E-state index contributed by atoms with van der Waals surface area (Å²) in [4.78, 5) is 0. The molecule has 0 aromatic rings. The lowest BCUT2D eigenvalue weighted by molar-refractivity contribution is 0.229. The minimum absolute atomic E-state index is 0.783. The highest BCUT2D eigenvalue weighted by Gasteiger charge is 2.24. The minimum Gasteiger partial charge on any atom is -0.313 e. The van der Waals surface area contributed by atoms with Gasteiger partial charge in [-0.1, -0.05) is 31.9 Å². The van der Waals surface area contributed by atoms with Crippen LogP contribution in [0.1, 0.15) is 58.8 Å². The van der Waals surface area contributed by atoms with E-state index >= 15 is 0 Å². The van der Waals surface area contributed by atoms with Gasteiger partial charge in [-0.3, -0.25) is 0 Å². The van der Waals surface area contributed by atoms with E-state index in [4.69, 9.17) is 0 Å². The van der Waals surface area contributed by atoms with E-state index in [2.05, 4.69) is 25.2 Å². The Hall–Kier alpha value is -0.300. The van der Waals surface area contributed by atoms with Crippen LogP contribution in [-0.2, 0) is 0 Å². The SMILES string of the molecule is CC1CCC(C)C(NCCC2=CCCC2)C1. The maximum atomic E-state index is 3.79. The fourth-order valence-corrected chi connectivity index (χ4v) is 3.20. The fraction of sp³-hybridized carbons (Fsp3) is 0.867. The van der Waals surface area contributed by atoms with Crippen LogP contribution in [0.2, 0.25) is 0 Å². The number of rotatable bonds is 4. The van der Waals surface area contributed by atoms with Gasteiger partial charge in [-0.05, 0) is 56.9 Å². The lowest BCUT2D eigenvalue weighted by Gasteiger charge is -2.33. The molecule has 3 atom stereocenters. The molecule has 1 heteroatoms. The van der Waals surface area contributed by atoms with E-state index in [0.29, 0.717) is 0 Å². The zero-order valence-corrected chi connectivity index (χ0v) is 11.0. The first-order chi connectivity index (χ1) is 7.75. The summed E-state index contributed by atoms with van der Waals surface area (Å²) in [6.45, 7) is 6.02. The fourth-order valence-electron chi connectivity index (χ4n) is 3.20. The first kappa shape index (κ1) is 12.2. The molecule has 16 heavy (non-hydrogen) atoms. The maximum Gasteiger partial charge on any atom is 0.00953 e. The molecule has 2 aliphatic rings. The summed E-state index contributed by atoms with van der Waals surface area (Å²) in [6.07, 6.45) is 12.1. The van der Waals surface area contributed by atoms with E-state index in [0.717, 1.165) is 17.9 Å². The van der Waals surface area contributed by atoms with Gasteiger partial charge in [0.15, 0.2) is 0 Å². The Morgan fingerprint density at radius 1 is 1.31 bits per heavy atom. The largest absolute Gasteiger partial charge is 0.313 e. The van der Waals surface area contributed by atoms with Crippen LogP contribution in [-0.4, -0.2) is 12.6 Å². The average Bonchev–Trinajstić information content (AvgIpc) is 2.76. The monoisotopic (exact) mass is 221 g/mol. The van der Waals surface area contributed by atoms with Crippen molar-refractivity contribution in [3.63, 3.8) is 0 Å². The average molecular weight is 221 g/mol. The van der Waals surface area contributed by atoms with E-state index in [1.807, 2.05) is 0 Å². The molecule has 3 unspecified atom stereocenters. The molecule has 1 N–H and O–H groups in total. The molecule has 0 bridgehead atoms. The normalized spacial score (nSPS) is 35.1. The predicted octanol–water partition coefficient (Wildman–Crippen LogP) is 3.90. The van der Waals surface area contributed by atoms with E-state index in [1.165, 1.54) is 51.5 Å². The van der Waals surface area contributed by atoms with E-state index < -0.39 is 0 Å². The third-order valence-electron chi connectivity index (χ3n) is 4.45. The van der Waals surface area contributed by atoms with Crippen molar-refractivity contribution in [3.8, 4) is 0 Å². The molecule has 0 saturated heterocycles. The van der Waals surface area contributed by atoms with E-state index in [1.54, 1.807) is 5.57 Å². The summed E-state index contributed by atoms with van der Waals surface area (Å²) in [6, 6.07) is 0.783. The third-order valence-corrected chi connectivity index (χ3v) is 4.45. The van der Waals surface area contributed by atoms with Crippen molar-refractivity contribution in [2.75, 3.05) is 6.54 Å². The summed E-state index contributed by atoms with van der Waals surface area (Å²) in [7, 11) is 0. The summed E-state index contributed by atoms with van der Waals surface area (Å²) < 4.78 is 0. The summed E-state index contributed by atoms with van der Waals surface area (Å²) in [5.41, 5.74) is 1.70. The van der Waals surface area contributed by atoms with Gasteiger partial charge in [-0.15, -0.1) is 0 Å². The smallest absolute Gasteiger partial charge is 0.00953 e. The summed E-state index contributed by atoms with van der Waals surface area (Å²) in [5.74, 6) is 1.81. The standard InChI is InChI=1S/C15H27N/c1-12-7-8-13(2)15(11-12)16-10-9-14-5-3-4-6-14/h5,12-13,15-16H,3-4,6-11H2,1-2H3. The second-order valence-electron chi connectivity index (χ2n) is 5.96. The molecule has 0 aromatic heterocycles. The van der Waals surface area contributed by atoms with Gasteiger partial charge in [0.2, 0.25) is 0 Å². The molecular weight excluding hydrogens is 194 g/mol. The van der Waals surface area contributed by atoms with Gasteiger partial charge in [-0.25, -0.2) is 0 Å². The lowest BCUT2D eigenvalue weighted by Crippen LogP contribution is -2.39. The highest BCUT2D eigenvalue weighted by atomic mass is 14.9. The van der Waals surface area contributed by atoms with Crippen LogP contribution in [0.15, 0.2) is 11.6 Å². The molecule has 0 aliphatic heterocycles. The molecule has 0 spiro atoms. The number of hydrogen-bond donors (Lipinski definition) is 1. The summed E-state index contributed by atoms with van der Waals surface area (Å²) in [5, 5.41) is 3.79. The highest BCUT2D eigenvalue weighted by molar-refractivity contribution is 5.07. The van der Waals surface area contributed by atoms with Crippen LogP contribution in [0.25, 0.3) is 0 Å². The van der Waals surface area contributed by atoms with Crippen molar-refractivity contribution < 1.29 is 0 Å². The summed E-state index contributed by atoms with van der Waals surface area (Å²) >= 11 is 0. The van der Waals surface area contributed by atoms with Crippen molar-refractivity contribution in [2.45, 2.75) is 64.8 Å². The lowest BCUT2D eigenvalue weighted by atomic mass is 9.80. The molecule has 1 fully saturated rings. The minimum atomic E-state index is 0.783. The first-order valence-corrected chi connectivity index (χ1v) is 7.17. The van der Waals surface area contributed by atoms with Gasteiger partial charge in [0.25, 0.3) is 0 Å². The Balaban J connectivity index is 1.67. The van der Waals surface area contributed by atoms with Gasteiger partial charge in [0.05, 0.1) is 0 Å². The molecule has 2 aliphatic carbocycles. The topological polar surface area (TPSA) is 12.0 Å².